The molecular formula is C15H21NO3S. The molecule has 5 heteroatoms. The minimum absolute atomic E-state index is 0.0310. The van der Waals surface area contributed by atoms with Gasteiger partial charge in [-0.05, 0) is 23.8 Å². The first kappa shape index (κ1) is 15.0. The van der Waals surface area contributed by atoms with Gasteiger partial charge in [-0.3, -0.25) is 9.59 Å². The topological polar surface area (TPSA) is 66.4 Å². The molecule has 1 aromatic heterocycles. The lowest BCUT2D eigenvalue weighted by Crippen LogP contribution is -2.29. The Bertz CT molecular complexity index is 438. The average molecular weight is 295 g/mol. The first-order valence-electron chi connectivity index (χ1n) is 7.19. The van der Waals surface area contributed by atoms with Crippen LogP contribution < -0.4 is 5.32 Å². The van der Waals surface area contributed by atoms with Crippen LogP contribution in [0.5, 0.6) is 0 Å². The van der Waals surface area contributed by atoms with E-state index in [1.165, 1.54) is 37.0 Å². The van der Waals surface area contributed by atoms with Crippen LogP contribution in [0.15, 0.2) is 17.5 Å². The highest BCUT2D eigenvalue weighted by atomic mass is 32.1. The van der Waals surface area contributed by atoms with Crippen molar-refractivity contribution in [3.8, 4) is 0 Å². The van der Waals surface area contributed by atoms with Gasteiger partial charge in [-0.25, -0.2) is 0 Å². The molecule has 1 saturated carbocycles. The molecule has 0 aliphatic heterocycles. The van der Waals surface area contributed by atoms with Crippen molar-refractivity contribution in [1.29, 1.82) is 0 Å². The Balaban J connectivity index is 1.83. The summed E-state index contributed by atoms with van der Waals surface area (Å²) in [5, 5.41) is 13.7. The Morgan fingerprint density at radius 1 is 1.40 bits per heavy atom. The lowest BCUT2D eigenvalue weighted by molar-refractivity contribution is -0.137. The predicted molar refractivity (Wildman–Crippen MR) is 78.6 cm³/mol. The normalized spacial score (nSPS) is 17.0. The summed E-state index contributed by atoms with van der Waals surface area (Å²) in [5.41, 5.74) is 0. The van der Waals surface area contributed by atoms with Crippen molar-refractivity contribution in [3.63, 3.8) is 0 Å². The third kappa shape index (κ3) is 4.63. The molecule has 1 aliphatic carbocycles. The van der Waals surface area contributed by atoms with Crippen molar-refractivity contribution in [1.82, 2.24) is 5.32 Å². The molecule has 1 fully saturated rings. The van der Waals surface area contributed by atoms with Gasteiger partial charge in [0.2, 0.25) is 5.91 Å². The fourth-order valence-electron chi connectivity index (χ4n) is 2.79. The first-order chi connectivity index (χ1) is 9.65. The zero-order chi connectivity index (χ0) is 14.4. The number of amides is 1. The number of aliphatic carboxylic acids is 1. The maximum atomic E-state index is 12.0. The lowest BCUT2D eigenvalue weighted by Gasteiger charge is -2.16. The van der Waals surface area contributed by atoms with Crippen LogP contribution in [0.4, 0.5) is 0 Å². The Hall–Kier alpha value is -1.36. The molecule has 0 saturated heterocycles. The van der Waals surface area contributed by atoms with E-state index >= 15 is 0 Å². The number of rotatable bonds is 7. The Morgan fingerprint density at radius 2 is 2.15 bits per heavy atom. The minimum atomic E-state index is -0.889. The van der Waals surface area contributed by atoms with Crippen molar-refractivity contribution < 1.29 is 14.7 Å². The minimum Gasteiger partial charge on any atom is -0.481 e. The van der Waals surface area contributed by atoms with E-state index in [0.717, 1.165) is 11.3 Å². The van der Waals surface area contributed by atoms with E-state index in [2.05, 4.69) is 5.32 Å². The second-order valence-electron chi connectivity index (χ2n) is 5.42. The van der Waals surface area contributed by atoms with Crippen molar-refractivity contribution in [2.45, 2.75) is 51.0 Å². The molecule has 0 unspecified atom stereocenters. The van der Waals surface area contributed by atoms with E-state index in [1.807, 2.05) is 17.5 Å². The van der Waals surface area contributed by atoms with Gasteiger partial charge in [0.05, 0.1) is 12.5 Å². The van der Waals surface area contributed by atoms with Crippen LogP contribution in [-0.4, -0.2) is 17.0 Å². The van der Waals surface area contributed by atoms with E-state index in [0.29, 0.717) is 12.3 Å². The largest absolute Gasteiger partial charge is 0.481 e. The molecule has 20 heavy (non-hydrogen) atoms. The summed E-state index contributed by atoms with van der Waals surface area (Å²) in [4.78, 5) is 23.8. The summed E-state index contributed by atoms with van der Waals surface area (Å²) in [5.74, 6) is -0.239. The molecule has 1 heterocycles. The summed E-state index contributed by atoms with van der Waals surface area (Å²) < 4.78 is 0. The number of carboxylic acids is 1. The summed E-state index contributed by atoms with van der Waals surface area (Å²) in [6.07, 6.45) is 6.40. The van der Waals surface area contributed by atoms with Gasteiger partial charge in [0.25, 0.3) is 0 Å². The summed E-state index contributed by atoms with van der Waals surface area (Å²) >= 11 is 1.48. The van der Waals surface area contributed by atoms with E-state index in [4.69, 9.17) is 5.11 Å². The summed E-state index contributed by atoms with van der Waals surface area (Å²) in [6, 6.07) is 3.35. The Morgan fingerprint density at radius 3 is 2.75 bits per heavy atom. The zero-order valence-corrected chi connectivity index (χ0v) is 12.3. The highest BCUT2D eigenvalue weighted by molar-refractivity contribution is 7.10. The number of carbonyl (C=O) groups excluding carboxylic acids is 1. The van der Waals surface area contributed by atoms with Gasteiger partial charge in [0.15, 0.2) is 0 Å². The molecule has 2 N–H and O–H groups in total. The second-order valence-corrected chi connectivity index (χ2v) is 6.40. The second kappa shape index (κ2) is 7.43. The molecule has 2 rings (SSSR count). The van der Waals surface area contributed by atoms with Gasteiger partial charge in [0.1, 0.15) is 0 Å². The molecule has 1 amide bonds. The smallest absolute Gasteiger partial charge is 0.305 e. The fourth-order valence-corrected chi connectivity index (χ4v) is 3.57. The molecule has 0 bridgehead atoms. The van der Waals surface area contributed by atoms with Gasteiger partial charge in [0, 0.05) is 11.3 Å². The molecule has 4 nitrogen and oxygen atoms in total. The zero-order valence-electron chi connectivity index (χ0n) is 11.5. The molecular weight excluding hydrogens is 274 g/mol. The number of hydrogen-bond donors (Lipinski definition) is 2. The highest BCUT2D eigenvalue weighted by Crippen LogP contribution is 2.29. The van der Waals surface area contributed by atoms with Gasteiger partial charge in [-0.15, -0.1) is 11.3 Å². The summed E-state index contributed by atoms with van der Waals surface area (Å²) in [7, 11) is 0. The highest BCUT2D eigenvalue weighted by Gasteiger charge is 2.20. The first-order valence-corrected chi connectivity index (χ1v) is 8.07. The van der Waals surface area contributed by atoms with Gasteiger partial charge in [-0.1, -0.05) is 31.7 Å². The Labute approximate surface area is 123 Å². The molecule has 1 atom stereocenters. The van der Waals surface area contributed by atoms with Crippen molar-refractivity contribution >= 4 is 23.2 Å². The van der Waals surface area contributed by atoms with Crippen molar-refractivity contribution in [3.05, 3.63) is 22.4 Å². The number of thiophene rings is 1. The number of nitrogens with one attached hydrogen (secondary N) is 1. The molecule has 1 aliphatic rings. The molecule has 0 spiro atoms. The van der Waals surface area contributed by atoms with Gasteiger partial charge in [-0.2, -0.15) is 0 Å². The molecule has 0 radical (unpaired) electrons. The van der Waals surface area contributed by atoms with Crippen LogP contribution in [0.1, 0.15) is 55.9 Å². The number of carboxylic acid groups (broad SMARTS) is 1. The van der Waals surface area contributed by atoms with E-state index in [9.17, 15) is 9.59 Å². The van der Waals surface area contributed by atoms with Crippen LogP contribution in [0.2, 0.25) is 0 Å². The third-order valence-electron chi connectivity index (χ3n) is 3.85. The predicted octanol–water partition coefficient (Wildman–Crippen LogP) is 3.35. The monoisotopic (exact) mass is 295 g/mol. The van der Waals surface area contributed by atoms with Crippen LogP contribution in [0.25, 0.3) is 0 Å². The van der Waals surface area contributed by atoms with Gasteiger partial charge >= 0.3 is 5.97 Å². The van der Waals surface area contributed by atoms with Crippen molar-refractivity contribution in [2.75, 3.05) is 0 Å². The van der Waals surface area contributed by atoms with Crippen LogP contribution in [0.3, 0.4) is 0 Å². The molecule has 110 valence electrons. The lowest BCUT2D eigenvalue weighted by atomic mass is 10.0. The van der Waals surface area contributed by atoms with Crippen LogP contribution in [0, 0.1) is 5.92 Å². The Kier molecular flexibility index (Phi) is 5.59. The SMILES string of the molecule is O=C(O)C[C@@H](NC(=O)CCC1CCCC1)c1cccs1. The fraction of sp³-hybridized carbons (Fsp3) is 0.600. The summed E-state index contributed by atoms with van der Waals surface area (Å²) in [6.45, 7) is 0. The third-order valence-corrected chi connectivity index (χ3v) is 4.84. The van der Waals surface area contributed by atoms with Crippen LogP contribution >= 0.6 is 11.3 Å². The number of carbonyl (C=O) groups is 2. The van der Waals surface area contributed by atoms with Gasteiger partial charge < -0.3 is 10.4 Å². The van der Waals surface area contributed by atoms with Crippen molar-refractivity contribution in [2.24, 2.45) is 5.92 Å². The van der Waals surface area contributed by atoms with Crippen LogP contribution in [-0.2, 0) is 9.59 Å². The quantitative estimate of drug-likeness (QED) is 0.810. The number of hydrogen-bond acceptors (Lipinski definition) is 3. The maximum Gasteiger partial charge on any atom is 0.305 e. The van der Waals surface area contributed by atoms with E-state index in [1.54, 1.807) is 0 Å². The maximum absolute atomic E-state index is 12.0. The van der Waals surface area contributed by atoms with E-state index < -0.39 is 12.0 Å². The standard InChI is InChI=1S/C15H21NO3S/c17-14(8-7-11-4-1-2-5-11)16-12(10-15(18)19)13-6-3-9-20-13/h3,6,9,11-12H,1-2,4-5,7-8,10H2,(H,16,17)(H,18,19)/t12-/m1/s1. The molecule has 1 aromatic rings. The van der Waals surface area contributed by atoms with E-state index in [-0.39, 0.29) is 12.3 Å². The average Bonchev–Trinajstić information content (AvgIpc) is 3.08. The molecule has 0 aromatic carbocycles.